The van der Waals surface area contributed by atoms with Gasteiger partial charge in [0, 0.05) is 18.6 Å². The first-order chi connectivity index (χ1) is 12.9. The van der Waals surface area contributed by atoms with Crippen molar-refractivity contribution in [3.8, 4) is 0 Å². The third-order valence-corrected chi connectivity index (χ3v) is 9.55. The summed E-state index contributed by atoms with van der Waals surface area (Å²) >= 11 is 0. The molecule has 1 atom stereocenters. The van der Waals surface area contributed by atoms with Crippen molar-refractivity contribution in [2.75, 3.05) is 20.8 Å². The number of carbonyl (C=O) groups excluding carboxylic acids is 3. The van der Waals surface area contributed by atoms with Gasteiger partial charge in [0.2, 0.25) is 0 Å². The van der Waals surface area contributed by atoms with E-state index in [1.54, 1.807) is 18.2 Å². The number of esters is 2. The zero-order valence-electron chi connectivity index (χ0n) is 17.8. The second kappa shape index (κ2) is 9.84. The Morgan fingerprint density at radius 3 is 2.21 bits per heavy atom. The molecule has 1 rings (SSSR count). The SMILES string of the molecule is COC(=O)c1cccc(C(=O)N[C@@H](CCO[Si](C)(C)C(C)(C)C)C(=O)OC)c1. The lowest BCUT2D eigenvalue weighted by molar-refractivity contribution is -0.143. The molecular formula is C20H31NO6Si. The van der Waals surface area contributed by atoms with Crippen LogP contribution in [0.5, 0.6) is 0 Å². The van der Waals surface area contributed by atoms with Gasteiger partial charge in [-0.2, -0.15) is 0 Å². The zero-order chi connectivity index (χ0) is 21.5. The lowest BCUT2D eigenvalue weighted by Crippen LogP contribution is -2.45. The summed E-state index contributed by atoms with van der Waals surface area (Å²) in [5.41, 5.74) is 0.508. The zero-order valence-corrected chi connectivity index (χ0v) is 18.8. The molecule has 1 aromatic rings. The molecule has 0 fully saturated rings. The summed E-state index contributed by atoms with van der Waals surface area (Å²) < 4.78 is 15.6. The Hall–Kier alpha value is -2.19. The van der Waals surface area contributed by atoms with E-state index in [2.05, 4.69) is 43.9 Å². The van der Waals surface area contributed by atoms with E-state index in [9.17, 15) is 14.4 Å². The minimum Gasteiger partial charge on any atom is -0.467 e. The number of hydrogen-bond acceptors (Lipinski definition) is 6. The van der Waals surface area contributed by atoms with Crippen molar-refractivity contribution in [3.05, 3.63) is 35.4 Å². The van der Waals surface area contributed by atoms with Crippen molar-refractivity contribution in [2.24, 2.45) is 0 Å². The van der Waals surface area contributed by atoms with Gasteiger partial charge in [-0.3, -0.25) is 4.79 Å². The molecule has 0 spiro atoms. The van der Waals surface area contributed by atoms with E-state index in [4.69, 9.17) is 9.16 Å². The van der Waals surface area contributed by atoms with Gasteiger partial charge in [-0.1, -0.05) is 26.8 Å². The number of benzene rings is 1. The Kier molecular flexibility index (Phi) is 8.38. The second-order valence-corrected chi connectivity index (χ2v) is 12.8. The van der Waals surface area contributed by atoms with Crippen molar-refractivity contribution >= 4 is 26.2 Å². The van der Waals surface area contributed by atoms with Gasteiger partial charge in [0.05, 0.1) is 19.8 Å². The summed E-state index contributed by atoms with van der Waals surface area (Å²) in [4.78, 5) is 36.3. The van der Waals surface area contributed by atoms with Crippen molar-refractivity contribution < 1.29 is 28.3 Å². The summed E-state index contributed by atoms with van der Waals surface area (Å²) in [6.45, 7) is 11.0. The third kappa shape index (κ3) is 6.45. The molecule has 7 nitrogen and oxygen atoms in total. The topological polar surface area (TPSA) is 90.9 Å². The fourth-order valence-electron chi connectivity index (χ4n) is 2.19. The third-order valence-electron chi connectivity index (χ3n) is 5.01. The fourth-order valence-corrected chi connectivity index (χ4v) is 3.25. The molecule has 0 saturated carbocycles. The number of rotatable bonds is 8. The predicted molar refractivity (Wildman–Crippen MR) is 109 cm³/mol. The standard InChI is InChI=1S/C20H31NO6Si/c1-20(2,3)28(6,7)27-12-11-16(19(24)26-5)21-17(22)14-9-8-10-15(13-14)18(23)25-4/h8-10,13,16H,11-12H2,1-7H3,(H,21,22)/t16-/m0/s1. The summed E-state index contributed by atoms with van der Waals surface area (Å²) in [6.07, 6.45) is 0.293. The number of hydrogen-bond donors (Lipinski definition) is 1. The molecule has 0 aliphatic heterocycles. The Labute approximate surface area is 167 Å². The van der Waals surface area contributed by atoms with Crippen LogP contribution in [0.3, 0.4) is 0 Å². The Morgan fingerprint density at radius 2 is 1.68 bits per heavy atom. The molecule has 1 amide bonds. The predicted octanol–water partition coefficient (Wildman–Crippen LogP) is 3.16. The van der Waals surface area contributed by atoms with Crippen LogP contribution in [-0.4, -0.2) is 53.0 Å². The van der Waals surface area contributed by atoms with Gasteiger partial charge < -0.3 is 19.2 Å². The van der Waals surface area contributed by atoms with Crippen molar-refractivity contribution in [2.45, 2.75) is 51.4 Å². The lowest BCUT2D eigenvalue weighted by Gasteiger charge is -2.36. The molecule has 0 heterocycles. The molecule has 0 aliphatic carbocycles. The van der Waals surface area contributed by atoms with Gasteiger partial charge in [-0.05, 0) is 36.3 Å². The molecule has 0 unspecified atom stereocenters. The summed E-state index contributed by atoms with van der Waals surface area (Å²) in [7, 11) is 0.579. The number of amides is 1. The summed E-state index contributed by atoms with van der Waals surface area (Å²) in [5.74, 6) is -1.56. The number of ether oxygens (including phenoxy) is 2. The maximum atomic E-state index is 12.6. The molecule has 0 aliphatic rings. The lowest BCUT2D eigenvalue weighted by atomic mass is 10.1. The van der Waals surface area contributed by atoms with Gasteiger partial charge in [-0.15, -0.1) is 0 Å². The normalized spacial score (nSPS) is 12.8. The Bertz CT molecular complexity index is 711. The minimum absolute atomic E-state index is 0.0470. The highest BCUT2D eigenvalue weighted by Crippen LogP contribution is 2.36. The van der Waals surface area contributed by atoms with Crippen LogP contribution >= 0.6 is 0 Å². The van der Waals surface area contributed by atoms with Gasteiger partial charge in [-0.25, -0.2) is 9.59 Å². The first kappa shape index (κ1) is 23.8. The first-order valence-electron chi connectivity index (χ1n) is 9.14. The van der Waals surface area contributed by atoms with Crippen molar-refractivity contribution in [3.63, 3.8) is 0 Å². The van der Waals surface area contributed by atoms with E-state index in [1.165, 1.54) is 20.3 Å². The van der Waals surface area contributed by atoms with Crippen LogP contribution in [0.1, 0.15) is 47.9 Å². The molecule has 28 heavy (non-hydrogen) atoms. The van der Waals surface area contributed by atoms with Gasteiger partial charge in [0.25, 0.3) is 5.91 Å². The first-order valence-corrected chi connectivity index (χ1v) is 12.0. The van der Waals surface area contributed by atoms with E-state index in [-0.39, 0.29) is 16.2 Å². The smallest absolute Gasteiger partial charge is 0.337 e. The Balaban J connectivity index is 2.83. The molecule has 1 aromatic carbocycles. The highest BCUT2D eigenvalue weighted by atomic mass is 28.4. The largest absolute Gasteiger partial charge is 0.467 e. The summed E-state index contributed by atoms with van der Waals surface area (Å²) in [5, 5.41) is 2.71. The average molecular weight is 410 g/mol. The van der Waals surface area contributed by atoms with Crippen LogP contribution < -0.4 is 5.32 Å². The van der Waals surface area contributed by atoms with E-state index < -0.39 is 32.2 Å². The molecular weight excluding hydrogens is 378 g/mol. The average Bonchev–Trinajstić information content (AvgIpc) is 2.64. The van der Waals surface area contributed by atoms with Crippen molar-refractivity contribution in [1.82, 2.24) is 5.32 Å². The van der Waals surface area contributed by atoms with Crippen LogP contribution in [-0.2, 0) is 18.7 Å². The molecule has 156 valence electrons. The quantitative estimate of drug-likeness (QED) is 0.524. The van der Waals surface area contributed by atoms with E-state index in [0.29, 0.717) is 13.0 Å². The molecule has 8 heteroatoms. The maximum absolute atomic E-state index is 12.6. The monoisotopic (exact) mass is 409 g/mol. The minimum atomic E-state index is -1.96. The van der Waals surface area contributed by atoms with Crippen molar-refractivity contribution in [1.29, 1.82) is 0 Å². The van der Waals surface area contributed by atoms with E-state index >= 15 is 0 Å². The van der Waals surface area contributed by atoms with Gasteiger partial charge >= 0.3 is 11.9 Å². The van der Waals surface area contributed by atoms with E-state index in [1.807, 2.05) is 0 Å². The van der Waals surface area contributed by atoms with Crippen LogP contribution in [0.15, 0.2) is 24.3 Å². The van der Waals surface area contributed by atoms with Crippen LogP contribution in [0.2, 0.25) is 18.1 Å². The molecule has 0 radical (unpaired) electrons. The Morgan fingerprint density at radius 1 is 1.07 bits per heavy atom. The van der Waals surface area contributed by atoms with Crippen LogP contribution in [0, 0.1) is 0 Å². The number of methoxy groups -OCH3 is 2. The number of carbonyl (C=O) groups is 3. The number of nitrogens with one attached hydrogen (secondary N) is 1. The summed E-state index contributed by atoms with van der Waals surface area (Å²) in [6, 6.07) is 5.26. The van der Waals surface area contributed by atoms with Crippen LogP contribution in [0.4, 0.5) is 0 Å². The van der Waals surface area contributed by atoms with E-state index in [0.717, 1.165) is 0 Å². The maximum Gasteiger partial charge on any atom is 0.337 e. The van der Waals surface area contributed by atoms with Crippen LogP contribution in [0.25, 0.3) is 0 Å². The highest BCUT2D eigenvalue weighted by molar-refractivity contribution is 6.74. The highest BCUT2D eigenvalue weighted by Gasteiger charge is 2.37. The van der Waals surface area contributed by atoms with Gasteiger partial charge in [0.1, 0.15) is 6.04 Å². The second-order valence-electron chi connectivity index (χ2n) is 8.02. The molecule has 0 bridgehead atoms. The fraction of sp³-hybridized carbons (Fsp3) is 0.550. The molecule has 0 saturated heterocycles. The molecule has 0 aromatic heterocycles. The molecule has 1 N–H and O–H groups in total. The van der Waals surface area contributed by atoms with Gasteiger partial charge in [0.15, 0.2) is 8.32 Å².